The molecular formula is C16H22FN5O2S. The molecule has 1 aliphatic rings. The summed E-state index contributed by atoms with van der Waals surface area (Å²) in [4.78, 5) is 6.61. The van der Waals surface area contributed by atoms with E-state index in [4.69, 9.17) is 0 Å². The van der Waals surface area contributed by atoms with E-state index in [9.17, 15) is 12.8 Å². The van der Waals surface area contributed by atoms with Gasteiger partial charge in [0.2, 0.25) is 10.0 Å². The molecule has 3 rings (SSSR count). The summed E-state index contributed by atoms with van der Waals surface area (Å²) in [5.74, 6) is 0.472. The number of likely N-dealkylation sites (tertiary alicyclic amines) is 1. The number of aromatic nitrogens is 3. The van der Waals surface area contributed by atoms with Crippen LogP contribution < -0.4 is 4.72 Å². The Morgan fingerprint density at radius 2 is 1.92 bits per heavy atom. The average Bonchev–Trinajstić information content (AvgIpc) is 3.04. The zero-order valence-corrected chi connectivity index (χ0v) is 14.9. The Kier molecular flexibility index (Phi) is 5.45. The lowest BCUT2D eigenvalue weighted by molar-refractivity contribution is 0.193. The van der Waals surface area contributed by atoms with Gasteiger partial charge < -0.3 is 0 Å². The van der Waals surface area contributed by atoms with Gasteiger partial charge in [0.15, 0.2) is 0 Å². The van der Waals surface area contributed by atoms with Crippen molar-refractivity contribution in [3.63, 3.8) is 0 Å². The quantitative estimate of drug-likeness (QED) is 0.834. The lowest BCUT2D eigenvalue weighted by Gasteiger charge is -2.31. The minimum Gasteiger partial charge on any atom is -0.296 e. The highest BCUT2D eigenvalue weighted by Crippen LogP contribution is 2.16. The van der Waals surface area contributed by atoms with Crippen LogP contribution in [0, 0.1) is 5.82 Å². The first-order valence-electron chi connectivity index (χ1n) is 8.35. The molecule has 136 valence electrons. The molecule has 1 aliphatic heterocycles. The van der Waals surface area contributed by atoms with Gasteiger partial charge in [-0.05, 0) is 44.0 Å². The fraction of sp³-hybridized carbons (Fsp3) is 0.500. The number of hydrogen-bond acceptors (Lipinski definition) is 5. The van der Waals surface area contributed by atoms with Crippen LogP contribution in [0.3, 0.4) is 0 Å². The first kappa shape index (κ1) is 18.0. The van der Waals surface area contributed by atoms with E-state index in [1.807, 2.05) is 11.6 Å². The van der Waals surface area contributed by atoms with Gasteiger partial charge in [-0.1, -0.05) is 0 Å². The molecule has 0 atom stereocenters. The van der Waals surface area contributed by atoms with Gasteiger partial charge in [-0.15, -0.1) is 0 Å². The Hall–Kier alpha value is -1.84. The van der Waals surface area contributed by atoms with E-state index in [2.05, 4.69) is 19.7 Å². The molecular weight excluding hydrogens is 345 g/mol. The zero-order valence-electron chi connectivity index (χ0n) is 14.1. The smallest absolute Gasteiger partial charge is 0.240 e. The summed E-state index contributed by atoms with van der Waals surface area (Å²) in [6.45, 7) is 5.09. The molecule has 0 radical (unpaired) electrons. The van der Waals surface area contributed by atoms with Crippen molar-refractivity contribution in [3.8, 4) is 0 Å². The molecule has 1 aromatic carbocycles. The van der Waals surface area contributed by atoms with Crippen LogP contribution >= 0.6 is 0 Å². The number of piperidine rings is 1. The van der Waals surface area contributed by atoms with Crippen molar-refractivity contribution in [2.75, 3.05) is 13.1 Å². The van der Waals surface area contributed by atoms with E-state index in [-0.39, 0.29) is 10.9 Å². The fourth-order valence-electron chi connectivity index (χ4n) is 2.98. The van der Waals surface area contributed by atoms with Crippen molar-refractivity contribution < 1.29 is 12.8 Å². The molecule has 0 aliphatic carbocycles. The Labute approximate surface area is 146 Å². The third-order valence-electron chi connectivity index (χ3n) is 4.39. The lowest BCUT2D eigenvalue weighted by atomic mass is 10.1. The van der Waals surface area contributed by atoms with Crippen molar-refractivity contribution in [1.29, 1.82) is 0 Å². The van der Waals surface area contributed by atoms with Gasteiger partial charge in [0.05, 0.1) is 11.4 Å². The van der Waals surface area contributed by atoms with Gasteiger partial charge in [-0.25, -0.2) is 27.2 Å². The van der Waals surface area contributed by atoms with Gasteiger partial charge in [0.25, 0.3) is 0 Å². The summed E-state index contributed by atoms with van der Waals surface area (Å²) < 4.78 is 42.3. The molecule has 1 aromatic heterocycles. The van der Waals surface area contributed by atoms with Crippen LogP contribution in [-0.4, -0.2) is 47.2 Å². The van der Waals surface area contributed by atoms with Crippen LogP contribution in [0.15, 0.2) is 35.5 Å². The summed E-state index contributed by atoms with van der Waals surface area (Å²) >= 11 is 0. The Balaban J connectivity index is 1.54. The summed E-state index contributed by atoms with van der Waals surface area (Å²) in [6.07, 6.45) is 3.00. The van der Waals surface area contributed by atoms with E-state index in [1.165, 1.54) is 12.1 Å². The first-order valence-corrected chi connectivity index (χ1v) is 9.83. The van der Waals surface area contributed by atoms with Gasteiger partial charge >= 0.3 is 0 Å². The Bertz CT molecular complexity index is 798. The van der Waals surface area contributed by atoms with Crippen LogP contribution in [0.2, 0.25) is 0 Å². The minimum atomic E-state index is -3.62. The zero-order chi connectivity index (χ0) is 17.9. The highest BCUT2D eigenvalue weighted by molar-refractivity contribution is 7.89. The molecule has 2 aromatic rings. The molecule has 9 heteroatoms. The molecule has 1 saturated heterocycles. The van der Waals surface area contributed by atoms with Crippen molar-refractivity contribution in [2.45, 2.75) is 43.8 Å². The third kappa shape index (κ3) is 4.42. The number of aryl methyl sites for hydroxylation is 1. The number of halogens is 1. The molecule has 25 heavy (non-hydrogen) atoms. The van der Waals surface area contributed by atoms with Crippen LogP contribution in [0.5, 0.6) is 0 Å². The first-order chi connectivity index (χ1) is 12.0. The van der Waals surface area contributed by atoms with Gasteiger partial charge in [-0.2, -0.15) is 5.10 Å². The number of rotatable bonds is 6. The summed E-state index contributed by atoms with van der Waals surface area (Å²) in [5.41, 5.74) is 0. The van der Waals surface area contributed by atoms with Crippen molar-refractivity contribution in [1.82, 2.24) is 24.4 Å². The van der Waals surface area contributed by atoms with Crippen LogP contribution in [0.25, 0.3) is 0 Å². The van der Waals surface area contributed by atoms with E-state index < -0.39 is 15.8 Å². The van der Waals surface area contributed by atoms with E-state index in [0.717, 1.165) is 50.4 Å². The second-order valence-corrected chi connectivity index (χ2v) is 7.83. The molecule has 0 spiro atoms. The van der Waals surface area contributed by atoms with E-state index in [1.54, 1.807) is 6.33 Å². The molecule has 0 bridgehead atoms. The second-order valence-electron chi connectivity index (χ2n) is 6.12. The van der Waals surface area contributed by atoms with Gasteiger partial charge in [0.1, 0.15) is 18.0 Å². The third-order valence-corrected chi connectivity index (χ3v) is 5.93. The van der Waals surface area contributed by atoms with Crippen molar-refractivity contribution in [2.24, 2.45) is 0 Å². The average molecular weight is 367 g/mol. The second kappa shape index (κ2) is 7.59. The normalized spacial score (nSPS) is 17.0. The highest BCUT2D eigenvalue weighted by Gasteiger charge is 2.25. The standard InChI is InChI=1S/C16H22FN5O2S/c1-2-22-16(18-12-19-22)11-21-9-7-14(8-10-21)20-25(23,24)15-5-3-13(17)4-6-15/h3-6,12,14,20H,2,7-11H2,1H3. The van der Waals surface area contributed by atoms with Crippen molar-refractivity contribution >= 4 is 10.0 Å². The molecule has 0 amide bonds. The highest BCUT2D eigenvalue weighted by atomic mass is 32.2. The molecule has 7 nitrogen and oxygen atoms in total. The monoisotopic (exact) mass is 367 g/mol. The Morgan fingerprint density at radius 3 is 2.56 bits per heavy atom. The molecule has 2 heterocycles. The van der Waals surface area contributed by atoms with Crippen molar-refractivity contribution in [3.05, 3.63) is 42.2 Å². The maximum atomic E-state index is 13.0. The lowest BCUT2D eigenvalue weighted by Crippen LogP contribution is -2.44. The number of hydrogen-bond donors (Lipinski definition) is 1. The number of nitrogens with zero attached hydrogens (tertiary/aromatic N) is 4. The molecule has 0 unspecified atom stereocenters. The SMILES string of the molecule is CCn1ncnc1CN1CCC(NS(=O)(=O)c2ccc(F)cc2)CC1. The summed E-state index contributed by atoms with van der Waals surface area (Å²) in [5, 5.41) is 4.16. The fourth-order valence-corrected chi connectivity index (χ4v) is 4.29. The van der Waals surface area contributed by atoms with Gasteiger partial charge in [-0.3, -0.25) is 4.90 Å². The molecule has 1 fully saturated rings. The van der Waals surface area contributed by atoms with Gasteiger partial charge in [0, 0.05) is 25.7 Å². The number of sulfonamides is 1. The maximum absolute atomic E-state index is 13.0. The number of benzene rings is 1. The van der Waals surface area contributed by atoms with Crippen LogP contribution in [0.4, 0.5) is 4.39 Å². The number of nitrogens with one attached hydrogen (secondary N) is 1. The topological polar surface area (TPSA) is 80.1 Å². The van der Waals surface area contributed by atoms with E-state index in [0.29, 0.717) is 6.54 Å². The Morgan fingerprint density at radius 1 is 1.24 bits per heavy atom. The van der Waals surface area contributed by atoms with Crippen LogP contribution in [-0.2, 0) is 23.1 Å². The predicted molar refractivity (Wildman–Crippen MR) is 90.7 cm³/mol. The molecule has 1 N–H and O–H groups in total. The minimum absolute atomic E-state index is 0.0902. The van der Waals surface area contributed by atoms with E-state index >= 15 is 0 Å². The molecule has 0 saturated carbocycles. The summed E-state index contributed by atoms with van der Waals surface area (Å²) in [6, 6.07) is 4.76. The largest absolute Gasteiger partial charge is 0.296 e. The maximum Gasteiger partial charge on any atom is 0.240 e. The predicted octanol–water partition coefficient (Wildman–Crippen LogP) is 1.38. The summed E-state index contributed by atoms with van der Waals surface area (Å²) in [7, 11) is -3.62. The van der Waals surface area contributed by atoms with Crippen LogP contribution in [0.1, 0.15) is 25.6 Å².